The topological polar surface area (TPSA) is 95.7 Å². The summed E-state index contributed by atoms with van der Waals surface area (Å²) in [6.07, 6.45) is 2.31. The Kier molecular flexibility index (Phi) is 5.75. The second-order valence-electron chi connectivity index (χ2n) is 5.61. The molecule has 1 aliphatic rings. The maximum Gasteiger partial charge on any atom is 0.311 e. The number of amides is 1. The zero-order chi connectivity index (χ0) is 14.5. The first kappa shape index (κ1) is 15.9. The normalized spacial score (nSPS) is 20.8. The average Bonchev–Trinajstić information content (AvgIpc) is 2.38. The molecule has 0 aromatic heterocycles. The highest BCUT2D eigenvalue weighted by molar-refractivity contribution is 5.80. The molecule has 1 heterocycles. The summed E-state index contributed by atoms with van der Waals surface area (Å²) in [4.78, 5) is 25.0. The molecule has 1 atom stereocenters. The van der Waals surface area contributed by atoms with E-state index >= 15 is 0 Å². The van der Waals surface area contributed by atoms with E-state index in [4.69, 9.17) is 10.8 Å². The van der Waals surface area contributed by atoms with Gasteiger partial charge in [0.05, 0.1) is 12.0 Å². The number of likely N-dealkylation sites (tertiary alicyclic amines) is 1. The fraction of sp³-hybridized carbons (Fsp3) is 0.846. The van der Waals surface area contributed by atoms with Gasteiger partial charge in [-0.3, -0.25) is 14.5 Å². The number of nitrogens with two attached hydrogens (primary N) is 1. The Balaban J connectivity index is 2.33. The number of piperidine rings is 1. The summed E-state index contributed by atoms with van der Waals surface area (Å²) < 4.78 is 0. The molecule has 19 heavy (non-hydrogen) atoms. The predicted octanol–water partition coefficient (Wildman–Crippen LogP) is 0.0266. The molecule has 1 amide bonds. The zero-order valence-electron chi connectivity index (χ0n) is 11.8. The van der Waals surface area contributed by atoms with Crippen LogP contribution in [0.4, 0.5) is 0 Å². The lowest BCUT2D eigenvalue weighted by Crippen LogP contribution is -2.47. The van der Waals surface area contributed by atoms with Crippen molar-refractivity contribution in [3.63, 3.8) is 0 Å². The van der Waals surface area contributed by atoms with Crippen molar-refractivity contribution in [1.82, 2.24) is 10.2 Å². The smallest absolute Gasteiger partial charge is 0.311 e. The maximum absolute atomic E-state index is 11.8. The van der Waals surface area contributed by atoms with Crippen molar-refractivity contribution < 1.29 is 14.7 Å². The number of nitrogens with one attached hydrogen (secondary N) is 1. The van der Waals surface area contributed by atoms with Crippen LogP contribution in [-0.4, -0.2) is 54.1 Å². The molecular formula is C13H25N3O3. The Morgan fingerprint density at radius 1 is 1.42 bits per heavy atom. The second kappa shape index (κ2) is 6.86. The number of carbonyl (C=O) groups is 2. The fourth-order valence-corrected chi connectivity index (χ4v) is 2.02. The van der Waals surface area contributed by atoms with Crippen LogP contribution >= 0.6 is 0 Å². The molecule has 0 aromatic carbocycles. The van der Waals surface area contributed by atoms with Crippen LogP contribution in [0.1, 0.15) is 33.1 Å². The van der Waals surface area contributed by atoms with Gasteiger partial charge in [0.15, 0.2) is 0 Å². The molecule has 6 heteroatoms. The number of nitrogens with zero attached hydrogens (tertiary/aromatic N) is 1. The number of rotatable bonds is 6. The van der Waals surface area contributed by atoms with Crippen LogP contribution in [0.3, 0.4) is 0 Å². The number of hydrogen-bond donors (Lipinski definition) is 3. The Bertz CT molecular complexity index is 327. The van der Waals surface area contributed by atoms with E-state index in [1.165, 1.54) is 0 Å². The van der Waals surface area contributed by atoms with Crippen molar-refractivity contribution in [2.45, 2.75) is 39.2 Å². The molecule has 0 aromatic rings. The van der Waals surface area contributed by atoms with Gasteiger partial charge in [-0.1, -0.05) is 6.92 Å². The molecule has 1 saturated heterocycles. The zero-order valence-corrected chi connectivity index (χ0v) is 11.8. The van der Waals surface area contributed by atoms with Gasteiger partial charge in [-0.25, -0.2) is 0 Å². The average molecular weight is 271 g/mol. The number of carboxylic acids is 1. The molecule has 6 nitrogen and oxygen atoms in total. The minimum absolute atomic E-state index is 0.114. The van der Waals surface area contributed by atoms with Crippen molar-refractivity contribution in [1.29, 1.82) is 0 Å². The highest BCUT2D eigenvalue weighted by atomic mass is 16.4. The first-order chi connectivity index (χ1) is 8.87. The summed E-state index contributed by atoms with van der Waals surface area (Å²) >= 11 is 0. The number of hydrogen-bond acceptors (Lipinski definition) is 4. The van der Waals surface area contributed by atoms with Gasteiger partial charge in [0, 0.05) is 25.7 Å². The fourth-order valence-electron chi connectivity index (χ4n) is 2.02. The van der Waals surface area contributed by atoms with Gasteiger partial charge in [-0.15, -0.1) is 0 Å². The lowest BCUT2D eigenvalue weighted by molar-refractivity contribution is -0.148. The largest absolute Gasteiger partial charge is 0.481 e. The van der Waals surface area contributed by atoms with Gasteiger partial charge in [-0.2, -0.15) is 0 Å². The molecule has 0 saturated carbocycles. The van der Waals surface area contributed by atoms with E-state index in [9.17, 15) is 9.59 Å². The summed E-state index contributed by atoms with van der Waals surface area (Å²) in [7, 11) is 0. The molecule has 1 aliphatic heterocycles. The van der Waals surface area contributed by atoms with Gasteiger partial charge < -0.3 is 16.2 Å². The van der Waals surface area contributed by atoms with Crippen molar-refractivity contribution in [2.75, 3.05) is 26.2 Å². The molecule has 0 bridgehead atoms. The lowest BCUT2D eigenvalue weighted by atomic mass is 9.88. The molecule has 0 aliphatic carbocycles. The van der Waals surface area contributed by atoms with E-state index < -0.39 is 11.4 Å². The van der Waals surface area contributed by atoms with E-state index in [2.05, 4.69) is 10.2 Å². The van der Waals surface area contributed by atoms with Crippen molar-refractivity contribution >= 4 is 11.9 Å². The van der Waals surface area contributed by atoms with Crippen molar-refractivity contribution in [3.8, 4) is 0 Å². The maximum atomic E-state index is 11.8. The van der Waals surface area contributed by atoms with Crippen LogP contribution in [0.2, 0.25) is 0 Å². The molecule has 0 radical (unpaired) electrons. The van der Waals surface area contributed by atoms with Gasteiger partial charge in [-0.05, 0) is 26.2 Å². The van der Waals surface area contributed by atoms with E-state index in [0.717, 1.165) is 25.9 Å². The van der Waals surface area contributed by atoms with Crippen LogP contribution in [0, 0.1) is 5.41 Å². The van der Waals surface area contributed by atoms with Gasteiger partial charge in [0.1, 0.15) is 0 Å². The third kappa shape index (κ3) is 4.80. The highest BCUT2D eigenvalue weighted by Crippen LogP contribution is 2.19. The quantitative estimate of drug-likeness (QED) is 0.633. The Morgan fingerprint density at radius 2 is 2.00 bits per heavy atom. The molecule has 1 fully saturated rings. The molecule has 0 spiro atoms. The third-order valence-electron chi connectivity index (χ3n) is 3.97. The molecule has 1 rings (SSSR count). The molecular weight excluding hydrogens is 246 g/mol. The van der Waals surface area contributed by atoms with E-state index in [1.54, 1.807) is 6.92 Å². The van der Waals surface area contributed by atoms with E-state index in [1.807, 2.05) is 6.92 Å². The standard InChI is InChI=1S/C13H25N3O3/c1-3-13(2,12(18)19)9-15-11(17)8-16-6-4-10(14)5-7-16/h10H,3-9,14H2,1-2H3,(H,15,17)(H,18,19). The second-order valence-corrected chi connectivity index (χ2v) is 5.61. The summed E-state index contributed by atoms with van der Waals surface area (Å²) in [6.45, 7) is 5.62. The molecule has 1 unspecified atom stereocenters. The van der Waals surface area contributed by atoms with Crippen LogP contribution < -0.4 is 11.1 Å². The SMILES string of the molecule is CCC(C)(CNC(=O)CN1CCC(N)CC1)C(=O)O. The highest BCUT2D eigenvalue weighted by Gasteiger charge is 2.31. The van der Waals surface area contributed by atoms with Crippen LogP contribution in [-0.2, 0) is 9.59 Å². The minimum Gasteiger partial charge on any atom is -0.481 e. The number of carboxylic acid groups (broad SMARTS) is 1. The first-order valence-corrected chi connectivity index (χ1v) is 6.85. The Labute approximate surface area is 114 Å². The van der Waals surface area contributed by atoms with E-state index in [0.29, 0.717) is 13.0 Å². The Morgan fingerprint density at radius 3 is 2.47 bits per heavy atom. The van der Waals surface area contributed by atoms with Crippen molar-refractivity contribution in [3.05, 3.63) is 0 Å². The first-order valence-electron chi connectivity index (χ1n) is 6.85. The minimum atomic E-state index is -0.889. The summed E-state index contributed by atoms with van der Waals surface area (Å²) in [5, 5.41) is 11.8. The van der Waals surface area contributed by atoms with Gasteiger partial charge >= 0.3 is 5.97 Å². The van der Waals surface area contributed by atoms with Crippen LogP contribution in [0.15, 0.2) is 0 Å². The summed E-state index contributed by atoms with van der Waals surface area (Å²) in [5.41, 5.74) is 4.91. The number of carbonyl (C=O) groups excluding carboxylic acids is 1. The van der Waals surface area contributed by atoms with Gasteiger partial charge in [0.2, 0.25) is 5.91 Å². The monoisotopic (exact) mass is 271 g/mol. The lowest BCUT2D eigenvalue weighted by Gasteiger charge is -2.30. The van der Waals surface area contributed by atoms with Crippen LogP contribution in [0.5, 0.6) is 0 Å². The third-order valence-corrected chi connectivity index (χ3v) is 3.97. The summed E-state index contributed by atoms with van der Waals surface area (Å²) in [5.74, 6) is -0.990. The van der Waals surface area contributed by atoms with Crippen LogP contribution in [0.25, 0.3) is 0 Å². The Hall–Kier alpha value is -1.14. The molecule has 110 valence electrons. The predicted molar refractivity (Wildman–Crippen MR) is 72.7 cm³/mol. The van der Waals surface area contributed by atoms with E-state index in [-0.39, 0.29) is 18.5 Å². The number of aliphatic carboxylic acids is 1. The van der Waals surface area contributed by atoms with Crippen molar-refractivity contribution in [2.24, 2.45) is 11.1 Å². The van der Waals surface area contributed by atoms with Gasteiger partial charge in [0.25, 0.3) is 0 Å². The summed E-state index contributed by atoms with van der Waals surface area (Å²) in [6, 6.07) is 0.245. The molecule has 4 N–H and O–H groups in total.